The summed E-state index contributed by atoms with van der Waals surface area (Å²) in [5.74, 6) is -0.950. The molecule has 0 aromatic heterocycles. The molecule has 0 unspecified atom stereocenters. The second-order valence-corrected chi connectivity index (χ2v) is 9.49. The molecule has 0 aliphatic rings. The Hall–Kier alpha value is -2.67. The number of nitrogens with one attached hydrogen (secondary N) is 2. The molecule has 2 aromatic carbocycles. The number of amides is 1. The average molecular weight is 433 g/mol. The summed E-state index contributed by atoms with van der Waals surface area (Å²) in [7, 11) is -3.64. The van der Waals surface area contributed by atoms with Crippen molar-refractivity contribution in [2.24, 2.45) is 0 Å². The fourth-order valence-electron chi connectivity index (χ4n) is 3.19. The molecule has 0 aliphatic carbocycles. The summed E-state index contributed by atoms with van der Waals surface area (Å²) in [5, 5.41) is 3.19. The summed E-state index contributed by atoms with van der Waals surface area (Å²) in [5.41, 5.74) is 4.86. The van der Waals surface area contributed by atoms with Crippen molar-refractivity contribution >= 4 is 27.7 Å². The number of benzene rings is 2. The van der Waals surface area contributed by atoms with Gasteiger partial charge in [-0.15, -0.1) is 0 Å². The molecular formula is C23H29FN2O3S. The van der Waals surface area contributed by atoms with Crippen LogP contribution < -0.4 is 10.0 Å². The van der Waals surface area contributed by atoms with E-state index in [0.717, 1.165) is 34.2 Å². The molecule has 1 amide bonds. The van der Waals surface area contributed by atoms with Gasteiger partial charge in [-0.2, -0.15) is 0 Å². The van der Waals surface area contributed by atoms with Crippen LogP contribution in [-0.2, 0) is 14.8 Å². The number of sulfonamides is 1. The highest BCUT2D eigenvalue weighted by Gasteiger charge is 2.15. The molecule has 2 rings (SSSR count). The van der Waals surface area contributed by atoms with E-state index in [1.807, 2.05) is 50.6 Å². The zero-order chi connectivity index (χ0) is 22.6. The maximum atomic E-state index is 14.8. The molecule has 0 atom stereocenters. The zero-order valence-corrected chi connectivity index (χ0v) is 19.1. The molecule has 2 N–H and O–H groups in total. The van der Waals surface area contributed by atoms with Crippen molar-refractivity contribution in [3.63, 3.8) is 0 Å². The van der Waals surface area contributed by atoms with Crippen molar-refractivity contribution in [3.8, 4) is 11.1 Å². The molecular weight excluding hydrogens is 403 g/mol. The van der Waals surface area contributed by atoms with Gasteiger partial charge in [0.1, 0.15) is 5.82 Å². The van der Waals surface area contributed by atoms with E-state index in [4.69, 9.17) is 0 Å². The SMILES string of the molecule is CC/C(=C\c1cc(C)c(-c2ccc(NC(C)C)cc2F)cc1C)C(=O)NS(C)(=O)=O. The minimum Gasteiger partial charge on any atom is -0.383 e. The van der Waals surface area contributed by atoms with Crippen LogP contribution >= 0.6 is 0 Å². The number of rotatable bonds is 7. The molecule has 2 aromatic rings. The first-order valence-electron chi connectivity index (χ1n) is 9.81. The van der Waals surface area contributed by atoms with Crippen LogP contribution in [0.15, 0.2) is 35.9 Å². The van der Waals surface area contributed by atoms with Crippen molar-refractivity contribution in [2.75, 3.05) is 11.6 Å². The molecule has 5 nitrogen and oxygen atoms in total. The van der Waals surface area contributed by atoms with Crippen LogP contribution in [-0.4, -0.2) is 26.6 Å². The van der Waals surface area contributed by atoms with Gasteiger partial charge in [0, 0.05) is 22.9 Å². The van der Waals surface area contributed by atoms with Crippen LogP contribution in [0.3, 0.4) is 0 Å². The van der Waals surface area contributed by atoms with E-state index < -0.39 is 15.9 Å². The lowest BCUT2D eigenvalue weighted by Crippen LogP contribution is -2.30. The van der Waals surface area contributed by atoms with E-state index in [1.54, 1.807) is 19.1 Å². The Kier molecular flexibility index (Phi) is 7.42. The Morgan fingerprint density at radius 1 is 1.10 bits per heavy atom. The topological polar surface area (TPSA) is 75.3 Å². The second kappa shape index (κ2) is 9.43. The standard InChI is InChI=1S/C23H29FN2O3S/c1-7-17(23(27)26-30(6,28)29)12-18-10-16(5)21(11-15(18)4)20-9-8-19(13-22(20)24)25-14(2)3/h8-14,25H,7H2,1-6H3,(H,26,27)/b17-12+. The van der Waals surface area contributed by atoms with E-state index in [0.29, 0.717) is 17.6 Å². The smallest absolute Gasteiger partial charge is 0.260 e. The second-order valence-electron chi connectivity index (χ2n) is 7.74. The third-order valence-corrected chi connectivity index (χ3v) is 5.16. The molecule has 0 fully saturated rings. The first kappa shape index (κ1) is 23.6. The monoisotopic (exact) mass is 432 g/mol. The Morgan fingerprint density at radius 3 is 2.30 bits per heavy atom. The van der Waals surface area contributed by atoms with Crippen molar-refractivity contribution in [3.05, 3.63) is 58.4 Å². The molecule has 0 aliphatic heterocycles. The number of hydrogen-bond donors (Lipinski definition) is 2. The van der Waals surface area contributed by atoms with Gasteiger partial charge in [0.05, 0.1) is 6.26 Å². The summed E-state index contributed by atoms with van der Waals surface area (Å²) < 4.78 is 39.5. The lowest BCUT2D eigenvalue weighted by molar-refractivity contribution is -0.115. The maximum Gasteiger partial charge on any atom is 0.260 e. The van der Waals surface area contributed by atoms with Crippen molar-refractivity contribution in [2.45, 2.75) is 47.1 Å². The maximum absolute atomic E-state index is 14.8. The molecule has 30 heavy (non-hydrogen) atoms. The first-order valence-corrected chi connectivity index (χ1v) is 11.7. The van der Waals surface area contributed by atoms with Crippen LogP contribution in [0.4, 0.5) is 10.1 Å². The summed E-state index contributed by atoms with van der Waals surface area (Å²) in [6.07, 6.45) is 3.00. The van der Waals surface area contributed by atoms with Gasteiger partial charge in [0.15, 0.2) is 0 Å². The highest BCUT2D eigenvalue weighted by molar-refractivity contribution is 7.89. The van der Waals surface area contributed by atoms with E-state index >= 15 is 0 Å². The molecule has 0 saturated carbocycles. The highest BCUT2D eigenvalue weighted by Crippen LogP contribution is 2.31. The molecule has 0 radical (unpaired) electrons. The lowest BCUT2D eigenvalue weighted by atomic mass is 9.93. The first-order chi connectivity index (χ1) is 13.9. The summed E-state index contributed by atoms with van der Waals surface area (Å²) >= 11 is 0. The average Bonchev–Trinajstić information content (AvgIpc) is 2.60. The number of aryl methyl sites for hydroxylation is 2. The quantitative estimate of drug-likeness (QED) is 0.617. The van der Waals surface area contributed by atoms with Gasteiger partial charge in [-0.05, 0) is 80.6 Å². The highest BCUT2D eigenvalue weighted by atomic mass is 32.2. The van der Waals surface area contributed by atoms with Gasteiger partial charge < -0.3 is 5.32 Å². The Balaban J connectivity index is 2.43. The molecule has 0 heterocycles. The predicted octanol–water partition coefficient (Wildman–Crippen LogP) is 4.80. The summed E-state index contributed by atoms with van der Waals surface area (Å²) in [6, 6.07) is 9.07. The number of hydrogen-bond acceptors (Lipinski definition) is 4. The van der Waals surface area contributed by atoms with Crippen LogP contribution in [0, 0.1) is 19.7 Å². The van der Waals surface area contributed by atoms with E-state index in [1.165, 1.54) is 6.07 Å². The van der Waals surface area contributed by atoms with Gasteiger partial charge in [0.2, 0.25) is 10.0 Å². The van der Waals surface area contributed by atoms with Crippen molar-refractivity contribution in [1.29, 1.82) is 0 Å². The zero-order valence-electron chi connectivity index (χ0n) is 18.3. The normalized spacial score (nSPS) is 12.2. The summed E-state index contributed by atoms with van der Waals surface area (Å²) in [6.45, 7) is 9.53. The van der Waals surface area contributed by atoms with Crippen LogP contribution in [0.1, 0.15) is 43.9 Å². The molecule has 162 valence electrons. The number of carbonyl (C=O) groups excluding carboxylic acids is 1. The number of halogens is 1. The largest absolute Gasteiger partial charge is 0.383 e. The van der Waals surface area contributed by atoms with Crippen LogP contribution in [0.5, 0.6) is 0 Å². The van der Waals surface area contributed by atoms with Crippen molar-refractivity contribution in [1.82, 2.24) is 4.72 Å². The Bertz CT molecular complexity index is 1090. The van der Waals surface area contributed by atoms with Gasteiger partial charge in [-0.1, -0.05) is 19.1 Å². The third kappa shape index (κ3) is 6.16. The molecule has 0 saturated heterocycles. The fraction of sp³-hybridized carbons (Fsp3) is 0.348. The van der Waals surface area contributed by atoms with Crippen LogP contribution in [0.2, 0.25) is 0 Å². The number of anilines is 1. The minimum atomic E-state index is -3.64. The van der Waals surface area contributed by atoms with Gasteiger partial charge >= 0.3 is 0 Å². The van der Waals surface area contributed by atoms with Gasteiger partial charge in [0.25, 0.3) is 5.91 Å². The molecule has 0 bridgehead atoms. The van der Waals surface area contributed by atoms with Gasteiger partial charge in [-0.3, -0.25) is 4.79 Å². The van der Waals surface area contributed by atoms with Crippen molar-refractivity contribution < 1.29 is 17.6 Å². The fourth-order valence-corrected chi connectivity index (χ4v) is 3.66. The Morgan fingerprint density at radius 2 is 1.77 bits per heavy atom. The van der Waals surface area contributed by atoms with E-state index in [-0.39, 0.29) is 11.9 Å². The summed E-state index contributed by atoms with van der Waals surface area (Å²) in [4.78, 5) is 12.2. The lowest BCUT2D eigenvalue weighted by Gasteiger charge is -2.15. The van der Waals surface area contributed by atoms with E-state index in [9.17, 15) is 17.6 Å². The third-order valence-electron chi connectivity index (χ3n) is 4.61. The van der Waals surface area contributed by atoms with E-state index in [2.05, 4.69) is 5.32 Å². The predicted molar refractivity (Wildman–Crippen MR) is 121 cm³/mol. The Labute approximate surface area is 178 Å². The van der Waals surface area contributed by atoms with Gasteiger partial charge in [-0.25, -0.2) is 17.5 Å². The molecule has 0 spiro atoms. The minimum absolute atomic E-state index is 0.206. The van der Waals surface area contributed by atoms with Crippen LogP contribution in [0.25, 0.3) is 17.2 Å². The number of carbonyl (C=O) groups is 1. The molecule has 7 heteroatoms.